The lowest BCUT2D eigenvalue weighted by molar-refractivity contribution is -0.268. The molecule has 3 aromatic carbocycles. The molecule has 2 amide bonds. The zero-order chi connectivity index (χ0) is 28.6. The number of carbonyl (C=O) groups is 1. The quantitative estimate of drug-likeness (QED) is 0.197. The molecular formula is C31H34N4O4S2. The van der Waals surface area contributed by atoms with E-state index in [-0.39, 0.29) is 30.8 Å². The van der Waals surface area contributed by atoms with Crippen LogP contribution in [0.4, 0.5) is 4.79 Å². The number of thioether (sulfide) groups is 1. The Morgan fingerprint density at radius 2 is 1.51 bits per heavy atom. The minimum Gasteiger partial charge on any atom is -0.392 e. The summed E-state index contributed by atoms with van der Waals surface area (Å²) in [5.74, 6) is 0.812. The molecule has 5 rings (SSSR count). The molecule has 0 bridgehead atoms. The Kier molecular flexibility index (Phi) is 10.0. The predicted molar refractivity (Wildman–Crippen MR) is 160 cm³/mol. The van der Waals surface area contributed by atoms with Crippen molar-refractivity contribution in [3.8, 4) is 0 Å². The van der Waals surface area contributed by atoms with E-state index < -0.39 is 6.29 Å². The maximum atomic E-state index is 12.3. The smallest absolute Gasteiger partial charge is 0.315 e. The summed E-state index contributed by atoms with van der Waals surface area (Å²) < 4.78 is 14.0. The van der Waals surface area contributed by atoms with E-state index in [2.05, 4.69) is 27.8 Å². The van der Waals surface area contributed by atoms with Crippen molar-refractivity contribution >= 4 is 29.1 Å². The van der Waals surface area contributed by atoms with E-state index in [0.717, 1.165) is 42.9 Å². The van der Waals surface area contributed by atoms with Gasteiger partial charge in [0.1, 0.15) is 5.01 Å². The molecule has 0 spiro atoms. The molecule has 1 aliphatic heterocycles. The third kappa shape index (κ3) is 7.93. The number of nitrogens with one attached hydrogen (secondary N) is 2. The number of ether oxygens (including phenoxy) is 2. The van der Waals surface area contributed by atoms with Crippen LogP contribution in [-0.2, 0) is 29.2 Å². The Morgan fingerprint density at radius 1 is 0.878 bits per heavy atom. The van der Waals surface area contributed by atoms with E-state index in [1.54, 1.807) is 23.1 Å². The van der Waals surface area contributed by atoms with Crippen molar-refractivity contribution in [1.29, 1.82) is 0 Å². The number of aromatic nitrogens is 2. The maximum Gasteiger partial charge on any atom is 0.315 e. The van der Waals surface area contributed by atoms with E-state index in [1.165, 1.54) is 0 Å². The molecule has 0 radical (unpaired) electrons. The number of aryl methyl sites for hydroxylation is 1. The first-order valence-corrected chi connectivity index (χ1v) is 15.4. The lowest BCUT2D eigenvalue weighted by atomic mass is 9.91. The van der Waals surface area contributed by atoms with Crippen LogP contribution >= 0.6 is 23.1 Å². The second kappa shape index (κ2) is 14.1. The van der Waals surface area contributed by atoms with Gasteiger partial charge < -0.3 is 25.2 Å². The molecule has 41 heavy (non-hydrogen) atoms. The van der Waals surface area contributed by atoms with Crippen LogP contribution in [0.1, 0.15) is 52.1 Å². The highest BCUT2D eigenvalue weighted by molar-refractivity contribution is 8.01. The van der Waals surface area contributed by atoms with Gasteiger partial charge >= 0.3 is 6.03 Å². The fourth-order valence-corrected chi connectivity index (χ4v) is 6.62. The van der Waals surface area contributed by atoms with Crippen LogP contribution in [0.5, 0.6) is 0 Å². The number of aliphatic hydroxyl groups is 1. The van der Waals surface area contributed by atoms with Crippen molar-refractivity contribution in [2.45, 2.75) is 56.4 Å². The lowest BCUT2D eigenvalue weighted by Gasteiger charge is -2.41. The molecule has 0 aliphatic carbocycles. The minimum absolute atomic E-state index is 0.00349. The zero-order valence-corrected chi connectivity index (χ0v) is 24.7. The van der Waals surface area contributed by atoms with Gasteiger partial charge in [0.15, 0.2) is 10.6 Å². The van der Waals surface area contributed by atoms with Crippen molar-refractivity contribution < 1.29 is 19.4 Å². The molecule has 1 aliphatic rings. The molecule has 1 saturated heterocycles. The van der Waals surface area contributed by atoms with Gasteiger partial charge in [-0.25, -0.2) is 4.79 Å². The van der Waals surface area contributed by atoms with Gasteiger partial charge in [-0.1, -0.05) is 109 Å². The fourth-order valence-electron chi connectivity index (χ4n) is 4.62. The molecule has 0 saturated carbocycles. The largest absolute Gasteiger partial charge is 0.392 e. The third-order valence-corrected chi connectivity index (χ3v) is 9.06. The molecule has 2 heterocycles. The van der Waals surface area contributed by atoms with Gasteiger partial charge in [0.25, 0.3) is 0 Å². The van der Waals surface area contributed by atoms with Gasteiger partial charge in [0, 0.05) is 30.3 Å². The van der Waals surface area contributed by atoms with Gasteiger partial charge in [0.2, 0.25) is 0 Å². The van der Waals surface area contributed by atoms with Crippen LogP contribution in [0, 0.1) is 12.8 Å². The minimum atomic E-state index is -0.549. The first kappa shape index (κ1) is 29.2. The van der Waals surface area contributed by atoms with Gasteiger partial charge in [-0.2, -0.15) is 0 Å². The van der Waals surface area contributed by atoms with E-state index in [9.17, 15) is 9.90 Å². The first-order chi connectivity index (χ1) is 20.0. The Balaban J connectivity index is 1.24. The highest BCUT2D eigenvalue weighted by atomic mass is 32.2. The monoisotopic (exact) mass is 590 g/mol. The van der Waals surface area contributed by atoms with Crippen LogP contribution in [0.25, 0.3) is 0 Å². The number of amides is 2. The third-order valence-electron chi connectivity index (χ3n) is 7.00. The van der Waals surface area contributed by atoms with Crippen LogP contribution in [0.3, 0.4) is 0 Å². The summed E-state index contributed by atoms with van der Waals surface area (Å²) in [6, 6.07) is 25.4. The molecule has 8 nitrogen and oxygen atoms in total. The molecule has 4 aromatic rings. The summed E-state index contributed by atoms with van der Waals surface area (Å²) in [5.41, 5.74) is 4.84. The van der Waals surface area contributed by atoms with Crippen molar-refractivity contribution in [1.82, 2.24) is 20.8 Å². The molecule has 3 N–H and O–H groups in total. The number of rotatable bonds is 10. The summed E-state index contributed by atoms with van der Waals surface area (Å²) in [7, 11) is 0. The van der Waals surface area contributed by atoms with Crippen LogP contribution < -0.4 is 10.6 Å². The molecule has 1 fully saturated rings. The Hall–Kier alpha value is -3.28. The average Bonchev–Trinajstić information content (AvgIpc) is 3.44. The van der Waals surface area contributed by atoms with E-state index in [0.29, 0.717) is 13.1 Å². The average molecular weight is 591 g/mol. The summed E-state index contributed by atoms with van der Waals surface area (Å²) >= 11 is 3.23. The van der Waals surface area contributed by atoms with Gasteiger partial charge in [-0.15, -0.1) is 10.2 Å². The number of carbonyl (C=O) groups excluding carboxylic acids is 1. The second-order valence-electron chi connectivity index (χ2n) is 9.98. The number of aliphatic hydroxyl groups excluding tert-OH is 1. The number of hydrogen-bond donors (Lipinski definition) is 3. The molecule has 214 valence electrons. The second-order valence-corrected chi connectivity index (χ2v) is 12.4. The summed E-state index contributed by atoms with van der Waals surface area (Å²) in [4.78, 5) is 12.3. The summed E-state index contributed by atoms with van der Waals surface area (Å²) in [5, 5.41) is 24.6. The first-order valence-electron chi connectivity index (χ1n) is 13.6. The van der Waals surface area contributed by atoms with Crippen LogP contribution in [-0.4, -0.2) is 33.2 Å². The van der Waals surface area contributed by atoms with Crippen molar-refractivity contribution in [3.63, 3.8) is 0 Å². The van der Waals surface area contributed by atoms with Gasteiger partial charge in [-0.05, 0) is 29.2 Å². The standard InChI is InChI=1S/C31H34N4O4S2/c1-20-27(19-40-31-35-34-21(2)41-31)38-29(39-28(20)25-12-10-24(18-36)11-13-25)26-14-8-23(9-15-26)17-33-30(37)32-16-22-6-4-3-5-7-22/h3-15,20,27-29,36H,16-19H2,1-2H3,(H2,32,33,37). The Labute approximate surface area is 248 Å². The van der Waals surface area contributed by atoms with E-state index in [4.69, 9.17) is 9.47 Å². The van der Waals surface area contributed by atoms with E-state index in [1.807, 2.05) is 85.8 Å². The van der Waals surface area contributed by atoms with Crippen molar-refractivity contribution in [3.05, 3.63) is 112 Å². The normalized spacial score (nSPS) is 20.5. The predicted octanol–water partition coefficient (Wildman–Crippen LogP) is 5.92. The Bertz CT molecular complexity index is 1400. The number of benzene rings is 3. The SMILES string of the molecule is Cc1nnc(SCC2OC(c3ccc(CNC(=O)NCc4ccccc4)cc3)OC(c3ccc(CO)cc3)C2C)s1. The van der Waals surface area contributed by atoms with Crippen LogP contribution in [0.2, 0.25) is 0 Å². The molecular weight excluding hydrogens is 556 g/mol. The number of nitrogens with zero attached hydrogens (tertiary/aromatic N) is 2. The fraction of sp³-hybridized carbons (Fsp3) is 0.323. The zero-order valence-electron chi connectivity index (χ0n) is 23.0. The van der Waals surface area contributed by atoms with Gasteiger partial charge in [0.05, 0.1) is 18.8 Å². The molecule has 4 atom stereocenters. The van der Waals surface area contributed by atoms with Crippen molar-refractivity contribution in [2.24, 2.45) is 5.92 Å². The van der Waals surface area contributed by atoms with Crippen molar-refractivity contribution in [2.75, 3.05) is 5.75 Å². The maximum absolute atomic E-state index is 12.3. The summed E-state index contributed by atoms with van der Waals surface area (Å²) in [6.07, 6.45) is -0.815. The van der Waals surface area contributed by atoms with Gasteiger partial charge in [-0.3, -0.25) is 0 Å². The highest BCUT2D eigenvalue weighted by Gasteiger charge is 2.38. The highest BCUT2D eigenvalue weighted by Crippen LogP contribution is 2.43. The topological polar surface area (TPSA) is 106 Å². The number of urea groups is 1. The molecule has 10 heteroatoms. The molecule has 1 aromatic heterocycles. The van der Waals surface area contributed by atoms with E-state index >= 15 is 0 Å². The molecule has 4 unspecified atom stereocenters. The summed E-state index contributed by atoms with van der Waals surface area (Å²) in [6.45, 7) is 4.99. The number of hydrogen-bond acceptors (Lipinski definition) is 8. The van der Waals surface area contributed by atoms with Crippen LogP contribution in [0.15, 0.2) is 83.2 Å². The lowest BCUT2D eigenvalue weighted by Crippen LogP contribution is -2.38. The Morgan fingerprint density at radius 3 is 2.15 bits per heavy atom.